The van der Waals surface area contributed by atoms with E-state index in [1.807, 2.05) is 0 Å². The first-order valence-corrected chi connectivity index (χ1v) is 7.33. The van der Waals surface area contributed by atoms with Crippen molar-refractivity contribution >= 4 is 0 Å². The predicted molar refractivity (Wildman–Crippen MR) is 71.9 cm³/mol. The maximum absolute atomic E-state index is 6.23. The number of nitrogens with two attached hydrogens (primary N) is 1. The molecule has 0 amide bonds. The fourth-order valence-corrected chi connectivity index (χ4v) is 3.95. The highest BCUT2D eigenvalue weighted by Crippen LogP contribution is 2.49. The molecule has 0 aromatic carbocycles. The van der Waals surface area contributed by atoms with Crippen LogP contribution in [0.5, 0.6) is 0 Å². The number of ether oxygens (including phenoxy) is 1. The van der Waals surface area contributed by atoms with Crippen molar-refractivity contribution in [2.45, 2.75) is 64.9 Å². The van der Waals surface area contributed by atoms with Crippen LogP contribution in [-0.4, -0.2) is 18.8 Å². The third-order valence-corrected chi connectivity index (χ3v) is 5.33. The average molecular weight is 239 g/mol. The smallest absolute Gasteiger partial charge is 0.0690 e. The Balaban J connectivity index is 2.05. The van der Waals surface area contributed by atoms with E-state index >= 15 is 0 Å². The van der Waals surface area contributed by atoms with E-state index in [2.05, 4.69) is 20.8 Å². The van der Waals surface area contributed by atoms with Gasteiger partial charge in [-0.15, -0.1) is 0 Å². The van der Waals surface area contributed by atoms with E-state index < -0.39 is 0 Å². The zero-order chi connectivity index (χ0) is 12.5. The Morgan fingerprint density at radius 3 is 2.65 bits per heavy atom. The predicted octanol–water partition coefficient (Wildman–Crippen LogP) is 3.35. The van der Waals surface area contributed by atoms with Crippen LogP contribution in [0.25, 0.3) is 0 Å². The molecule has 2 rings (SSSR count). The second kappa shape index (κ2) is 4.89. The molecule has 4 atom stereocenters. The summed E-state index contributed by atoms with van der Waals surface area (Å²) in [6.45, 7) is 8.95. The van der Waals surface area contributed by atoms with Crippen LogP contribution in [0.4, 0.5) is 0 Å². The Morgan fingerprint density at radius 1 is 1.24 bits per heavy atom. The minimum absolute atomic E-state index is 0.189. The second-order valence-electron chi connectivity index (χ2n) is 7.00. The van der Waals surface area contributed by atoms with Crippen molar-refractivity contribution in [3.05, 3.63) is 0 Å². The van der Waals surface area contributed by atoms with Crippen LogP contribution in [0, 0.1) is 17.3 Å². The zero-order valence-corrected chi connectivity index (χ0v) is 11.8. The third kappa shape index (κ3) is 2.85. The maximum atomic E-state index is 6.23. The van der Waals surface area contributed by atoms with Gasteiger partial charge in [-0.05, 0) is 62.3 Å². The molecule has 2 fully saturated rings. The molecule has 1 aliphatic heterocycles. The first kappa shape index (κ1) is 13.4. The molecule has 0 radical (unpaired) electrons. The average Bonchev–Trinajstić information content (AvgIpc) is 2.24. The fraction of sp³-hybridized carbons (Fsp3) is 1.00. The first-order valence-electron chi connectivity index (χ1n) is 7.33. The Kier molecular flexibility index (Phi) is 3.84. The van der Waals surface area contributed by atoms with Gasteiger partial charge in [0.05, 0.1) is 5.60 Å². The van der Waals surface area contributed by atoms with Crippen molar-refractivity contribution < 1.29 is 4.74 Å². The van der Waals surface area contributed by atoms with Crippen molar-refractivity contribution in [1.82, 2.24) is 0 Å². The number of hydrogen-bond donors (Lipinski definition) is 1. The molecule has 1 saturated heterocycles. The molecule has 2 nitrogen and oxygen atoms in total. The van der Waals surface area contributed by atoms with Gasteiger partial charge in [-0.2, -0.15) is 0 Å². The Hall–Kier alpha value is -0.0800. The summed E-state index contributed by atoms with van der Waals surface area (Å²) in [7, 11) is 0. The van der Waals surface area contributed by atoms with Crippen molar-refractivity contribution in [3.8, 4) is 0 Å². The van der Waals surface area contributed by atoms with E-state index in [0.29, 0.717) is 5.41 Å². The summed E-state index contributed by atoms with van der Waals surface area (Å²) >= 11 is 0. The Bertz CT molecular complexity index is 264. The minimum Gasteiger partial charge on any atom is -0.375 e. The molecule has 2 aliphatic rings. The summed E-state index contributed by atoms with van der Waals surface area (Å²) in [5, 5.41) is 0. The lowest BCUT2D eigenvalue weighted by atomic mass is 9.64. The standard InChI is InChI=1S/C15H29NO/c1-12-4-5-15(10-13(12)2)11-14(3,6-8-16)7-9-17-15/h12-13H,4-11,16H2,1-3H3. The molecule has 1 heterocycles. The van der Waals surface area contributed by atoms with Crippen LogP contribution in [0.2, 0.25) is 0 Å². The SMILES string of the molecule is CC1CCC2(CC1C)CC(C)(CCN)CCO2. The van der Waals surface area contributed by atoms with Crippen molar-refractivity contribution in [2.75, 3.05) is 13.2 Å². The van der Waals surface area contributed by atoms with E-state index in [1.165, 1.54) is 32.1 Å². The van der Waals surface area contributed by atoms with Gasteiger partial charge in [0.25, 0.3) is 0 Å². The highest BCUT2D eigenvalue weighted by Gasteiger charge is 2.46. The fourth-order valence-electron chi connectivity index (χ4n) is 3.95. The molecule has 1 saturated carbocycles. The summed E-state index contributed by atoms with van der Waals surface area (Å²) in [4.78, 5) is 0. The topological polar surface area (TPSA) is 35.2 Å². The molecular weight excluding hydrogens is 210 g/mol. The second-order valence-corrected chi connectivity index (χ2v) is 7.00. The van der Waals surface area contributed by atoms with Crippen LogP contribution in [0.1, 0.15) is 59.3 Å². The monoisotopic (exact) mass is 239 g/mol. The first-order chi connectivity index (χ1) is 7.99. The van der Waals surface area contributed by atoms with Gasteiger partial charge in [-0.25, -0.2) is 0 Å². The molecule has 0 bridgehead atoms. The maximum Gasteiger partial charge on any atom is 0.0690 e. The van der Waals surface area contributed by atoms with E-state index in [1.54, 1.807) is 0 Å². The molecule has 0 aromatic rings. The van der Waals surface area contributed by atoms with Gasteiger partial charge in [0, 0.05) is 6.61 Å². The Morgan fingerprint density at radius 2 is 2.00 bits per heavy atom. The van der Waals surface area contributed by atoms with Gasteiger partial charge >= 0.3 is 0 Å². The lowest BCUT2D eigenvalue weighted by Crippen LogP contribution is -2.48. The van der Waals surface area contributed by atoms with Gasteiger partial charge in [0.1, 0.15) is 0 Å². The van der Waals surface area contributed by atoms with Crippen LogP contribution >= 0.6 is 0 Å². The lowest BCUT2D eigenvalue weighted by molar-refractivity contribution is -0.154. The molecule has 2 N–H and O–H groups in total. The largest absolute Gasteiger partial charge is 0.375 e. The highest BCUT2D eigenvalue weighted by molar-refractivity contribution is 4.97. The summed E-state index contributed by atoms with van der Waals surface area (Å²) in [6, 6.07) is 0. The number of rotatable bonds is 2. The molecule has 100 valence electrons. The molecule has 4 unspecified atom stereocenters. The molecule has 2 heteroatoms. The summed E-state index contributed by atoms with van der Waals surface area (Å²) < 4.78 is 6.23. The van der Waals surface area contributed by atoms with Gasteiger partial charge in [0.15, 0.2) is 0 Å². The van der Waals surface area contributed by atoms with E-state index in [0.717, 1.165) is 31.4 Å². The molecule has 0 aromatic heterocycles. The van der Waals surface area contributed by atoms with Gasteiger partial charge in [-0.3, -0.25) is 0 Å². The van der Waals surface area contributed by atoms with Crippen molar-refractivity contribution in [3.63, 3.8) is 0 Å². The summed E-state index contributed by atoms with van der Waals surface area (Å²) in [6.07, 6.45) is 7.43. The molecule has 17 heavy (non-hydrogen) atoms. The zero-order valence-electron chi connectivity index (χ0n) is 11.8. The van der Waals surface area contributed by atoms with Gasteiger partial charge in [0.2, 0.25) is 0 Å². The van der Waals surface area contributed by atoms with Crippen molar-refractivity contribution in [2.24, 2.45) is 23.0 Å². The van der Waals surface area contributed by atoms with Gasteiger partial charge in [-0.1, -0.05) is 20.8 Å². The van der Waals surface area contributed by atoms with E-state index in [-0.39, 0.29) is 5.60 Å². The van der Waals surface area contributed by atoms with E-state index in [9.17, 15) is 0 Å². The van der Waals surface area contributed by atoms with Crippen molar-refractivity contribution in [1.29, 1.82) is 0 Å². The Labute approximate surface area is 106 Å². The van der Waals surface area contributed by atoms with Crippen LogP contribution < -0.4 is 5.73 Å². The van der Waals surface area contributed by atoms with Crippen LogP contribution in [-0.2, 0) is 4.74 Å². The molecule has 1 aliphatic carbocycles. The summed E-state index contributed by atoms with van der Waals surface area (Å²) in [5.41, 5.74) is 6.38. The minimum atomic E-state index is 0.189. The lowest BCUT2D eigenvalue weighted by Gasteiger charge is -2.51. The number of hydrogen-bond acceptors (Lipinski definition) is 2. The molecular formula is C15H29NO. The van der Waals surface area contributed by atoms with Crippen LogP contribution in [0.3, 0.4) is 0 Å². The third-order valence-electron chi connectivity index (χ3n) is 5.33. The van der Waals surface area contributed by atoms with Crippen LogP contribution in [0.15, 0.2) is 0 Å². The highest BCUT2D eigenvalue weighted by atomic mass is 16.5. The quantitative estimate of drug-likeness (QED) is 0.802. The normalized spacial score (nSPS) is 47.3. The van der Waals surface area contributed by atoms with Gasteiger partial charge < -0.3 is 10.5 Å². The molecule has 1 spiro atoms. The summed E-state index contributed by atoms with van der Waals surface area (Å²) in [5.74, 6) is 1.68. The van der Waals surface area contributed by atoms with E-state index in [4.69, 9.17) is 10.5 Å².